The lowest BCUT2D eigenvalue weighted by atomic mass is 10.0. The molecule has 0 radical (unpaired) electrons. The van der Waals surface area contributed by atoms with E-state index in [4.69, 9.17) is 0 Å². The fourth-order valence-corrected chi connectivity index (χ4v) is 2.99. The van der Waals surface area contributed by atoms with Crippen LogP contribution in [0.1, 0.15) is 16.5 Å². The molecule has 0 aliphatic carbocycles. The maximum absolute atomic E-state index is 11.6. The van der Waals surface area contributed by atoms with Crippen LogP contribution in [0.3, 0.4) is 0 Å². The summed E-state index contributed by atoms with van der Waals surface area (Å²) in [5.41, 5.74) is 1.24. The van der Waals surface area contributed by atoms with Crippen LogP contribution in [-0.2, 0) is 11.3 Å². The van der Waals surface area contributed by atoms with Crippen LogP contribution in [0.2, 0.25) is 0 Å². The Kier molecular flexibility index (Phi) is 3.57. The van der Waals surface area contributed by atoms with Crippen LogP contribution in [0, 0.1) is 0 Å². The number of carbonyl (C=O) groups is 1. The number of amides is 1. The molecule has 1 atom stereocenters. The third-order valence-electron chi connectivity index (χ3n) is 3.31. The van der Waals surface area contributed by atoms with Gasteiger partial charge in [0.05, 0.1) is 12.6 Å². The minimum atomic E-state index is 0.0942. The van der Waals surface area contributed by atoms with Crippen LogP contribution < -0.4 is 5.32 Å². The lowest BCUT2D eigenvalue weighted by molar-refractivity contribution is -0.125. The Morgan fingerprint density at radius 3 is 2.89 bits per heavy atom. The van der Waals surface area contributed by atoms with Crippen molar-refractivity contribution in [3.8, 4) is 0 Å². The lowest BCUT2D eigenvalue weighted by Gasteiger charge is -2.35. The van der Waals surface area contributed by atoms with Gasteiger partial charge in [-0.1, -0.05) is 30.3 Å². The van der Waals surface area contributed by atoms with Gasteiger partial charge >= 0.3 is 0 Å². The highest BCUT2D eigenvalue weighted by Crippen LogP contribution is 2.24. The Bertz CT molecular complexity index is 541. The Morgan fingerprint density at radius 2 is 2.16 bits per heavy atom. The van der Waals surface area contributed by atoms with Crippen LogP contribution >= 0.6 is 11.5 Å². The van der Waals surface area contributed by atoms with Crippen molar-refractivity contribution in [1.29, 1.82) is 0 Å². The molecule has 2 aromatic rings. The van der Waals surface area contributed by atoms with E-state index in [1.165, 1.54) is 22.0 Å². The van der Waals surface area contributed by atoms with Crippen molar-refractivity contribution < 1.29 is 4.79 Å². The minimum Gasteiger partial charge on any atom is -0.353 e. The van der Waals surface area contributed by atoms with E-state index >= 15 is 0 Å². The third-order valence-corrected chi connectivity index (χ3v) is 4.04. The van der Waals surface area contributed by atoms with Gasteiger partial charge in [0, 0.05) is 24.2 Å². The van der Waals surface area contributed by atoms with Crippen LogP contribution in [0.5, 0.6) is 0 Å². The average Bonchev–Trinajstić information content (AvgIpc) is 2.93. The number of hydrogen-bond acceptors (Lipinski definition) is 4. The molecule has 1 N–H and O–H groups in total. The van der Waals surface area contributed by atoms with Crippen molar-refractivity contribution >= 4 is 17.4 Å². The maximum atomic E-state index is 11.6. The Labute approximate surface area is 116 Å². The molecule has 98 valence electrons. The van der Waals surface area contributed by atoms with Gasteiger partial charge in [-0.05, 0) is 23.2 Å². The number of nitrogens with one attached hydrogen (secondary N) is 1. The fraction of sp³-hybridized carbons (Fsp3) is 0.286. The zero-order valence-electron chi connectivity index (χ0n) is 10.5. The molecule has 1 unspecified atom stereocenters. The topological polar surface area (TPSA) is 45.2 Å². The van der Waals surface area contributed by atoms with E-state index in [0.717, 1.165) is 6.54 Å². The number of rotatable bonds is 3. The Hall–Kier alpha value is -1.72. The SMILES string of the molecule is O=C1CN(Cc2ccns2)C(c2ccccc2)CN1. The van der Waals surface area contributed by atoms with Gasteiger partial charge in [0.1, 0.15) is 0 Å². The average molecular weight is 273 g/mol. The van der Waals surface area contributed by atoms with Crippen LogP contribution in [-0.4, -0.2) is 28.3 Å². The quantitative estimate of drug-likeness (QED) is 0.927. The summed E-state index contributed by atoms with van der Waals surface area (Å²) in [5, 5.41) is 2.95. The molecule has 1 amide bonds. The summed E-state index contributed by atoms with van der Waals surface area (Å²) >= 11 is 1.49. The number of aromatic nitrogens is 1. The molecular weight excluding hydrogens is 258 g/mol. The van der Waals surface area contributed by atoms with E-state index in [9.17, 15) is 4.79 Å². The molecule has 2 heterocycles. The van der Waals surface area contributed by atoms with Crippen molar-refractivity contribution in [3.05, 3.63) is 53.0 Å². The van der Waals surface area contributed by atoms with E-state index in [-0.39, 0.29) is 11.9 Å². The second-order valence-electron chi connectivity index (χ2n) is 4.61. The summed E-state index contributed by atoms with van der Waals surface area (Å²) in [4.78, 5) is 15.0. The van der Waals surface area contributed by atoms with E-state index in [2.05, 4.69) is 26.7 Å². The highest BCUT2D eigenvalue weighted by molar-refractivity contribution is 7.05. The van der Waals surface area contributed by atoms with Gasteiger partial charge in [0.25, 0.3) is 0 Å². The first-order chi connectivity index (χ1) is 9.33. The number of piperazine rings is 1. The first-order valence-corrected chi connectivity index (χ1v) is 7.05. The van der Waals surface area contributed by atoms with Gasteiger partial charge in [0.2, 0.25) is 5.91 Å². The number of nitrogens with zero attached hydrogens (tertiary/aromatic N) is 2. The van der Waals surface area contributed by atoms with Crippen molar-refractivity contribution in [2.75, 3.05) is 13.1 Å². The molecule has 0 spiro atoms. The Balaban J connectivity index is 1.82. The highest BCUT2D eigenvalue weighted by Gasteiger charge is 2.27. The molecule has 4 nitrogen and oxygen atoms in total. The van der Waals surface area contributed by atoms with Crippen molar-refractivity contribution in [2.24, 2.45) is 0 Å². The number of carbonyl (C=O) groups excluding carboxylic acids is 1. The van der Waals surface area contributed by atoms with Gasteiger partial charge in [0.15, 0.2) is 0 Å². The van der Waals surface area contributed by atoms with Gasteiger partial charge in [-0.3, -0.25) is 9.69 Å². The molecule has 1 fully saturated rings. The zero-order valence-corrected chi connectivity index (χ0v) is 11.3. The largest absolute Gasteiger partial charge is 0.353 e. The second kappa shape index (κ2) is 5.50. The van der Waals surface area contributed by atoms with Gasteiger partial charge in [-0.25, -0.2) is 4.37 Å². The molecule has 1 aromatic carbocycles. The summed E-state index contributed by atoms with van der Waals surface area (Å²) in [6.45, 7) is 1.89. The first kappa shape index (κ1) is 12.3. The lowest BCUT2D eigenvalue weighted by Crippen LogP contribution is -2.49. The molecular formula is C14H15N3OS. The van der Waals surface area contributed by atoms with E-state index in [1.54, 1.807) is 0 Å². The molecule has 1 aromatic heterocycles. The normalized spacial score (nSPS) is 20.2. The van der Waals surface area contributed by atoms with Crippen molar-refractivity contribution in [2.45, 2.75) is 12.6 Å². The third kappa shape index (κ3) is 2.83. The predicted molar refractivity (Wildman–Crippen MR) is 74.7 cm³/mol. The second-order valence-corrected chi connectivity index (χ2v) is 5.53. The molecule has 0 bridgehead atoms. The molecule has 1 aliphatic heterocycles. The number of hydrogen-bond donors (Lipinski definition) is 1. The molecule has 0 saturated carbocycles. The molecule has 5 heteroatoms. The predicted octanol–water partition coefficient (Wildman–Crippen LogP) is 1.82. The maximum Gasteiger partial charge on any atom is 0.234 e. The van der Waals surface area contributed by atoms with Crippen LogP contribution in [0.15, 0.2) is 42.6 Å². The summed E-state index contributed by atoms with van der Waals surface area (Å²) in [5.74, 6) is 0.0942. The Morgan fingerprint density at radius 1 is 1.32 bits per heavy atom. The van der Waals surface area contributed by atoms with Crippen LogP contribution in [0.4, 0.5) is 0 Å². The number of benzene rings is 1. The fourth-order valence-electron chi connectivity index (χ4n) is 2.38. The summed E-state index contributed by atoms with van der Waals surface area (Å²) in [6, 6.07) is 12.6. The van der Waals surface area contributed by atoms with Crippen molar-refractivity contribution in [3.63, 3.8) is 0 Å². The molecule has 19 heavy (non-hydrogen) atoms. The first-order valence-electron chi connectivity index (χ1n) is 6.28. The van der Waals surface area contributed by atoms with E-state index < -0.39 is 0 Å². The molecule has 1 saturated heterocycles. The highest BCUT2D eigenvalue weighted by atomic mass is 32.1. The zero-order chi connectivity index (χ0) is 13.1. The monoisotopic (exact) mass is 273 g/mol. The van der Waals surface area contributed by atoms with Gasteiger partial charge in [-0.2, -0.15) is 0 Å². The van der Waals surface area contributed by atoms with E-state index in [0.29, 0.717) is 13.1 Å². The minimum absolute atomic E-state index is 0.0942. The van der Waals surface area contributed by atoms with Crippen molar-refractivity contribution in [1.82, 2.24) is 14.6 Å². The van der Waals surface area contributed by atoms with Crippen LogP contribution in [0.25, 0.3) is 0 Å². The standard InChI is InChI=1S/C14H15N3OS/c18-14-10-17(9-12-6-7-16-19-12)13(8-15-14)11-4-2-1-3-5-11/h1-7,13H,8-10H2,(H,15,18). The van der Waals surface area contributed by atoms with Gasteiger partial charge < -0.3 is 5.32 Å². The smallest absolute Gasteiger partial charge is 0.234 e. The molecule has 3 rings (SSSR count). The summed E-state index contributed by atoms with van der Waals surface area (Å²) < 4.78 is 4.12. The summed E-state index contributed by atoms with van der Waals surface area (Å²) in [6.07, 6.45) is 1.81. The summed E-state index contributed by atoms with van der Waals surface area (Å²) in [7, 11) is 0. The van der Waals surface area contributed by atoms with E-state index in [1.807, 2.05) is 30.5 Å². The molecule has 1 aliphatic rings. The van der Waals surface area contributed by atoms with Gasteiger partial charge in [-0.15, -0.1) is 0 Å².